The van der Waals surface area contributed by atoms with Crippen molar-refractivity contribution < 1.29 is 4.74 Å². The van der Waals surface area contributed by atoms with E-state index in [9.17, 15) is 0 Å². The molecule has 0 radical (unpaired) electrons. The molecular weight excluding hydrogens is 246 g/mol. The highest BCUT2D eigenvalue weighted by atomic mass is 35.5. The van der Waals surface area contributed by atoms with Crippen LogP contribution in [0.5, 0.6) is 5.75 Å². The van der Waals surface area contributed by atoms with Crippen LogP contribution in [-0.2, 0) is 0 Å². The first kappa shape index (κ1) is 13.7. The highest BCUT2D eigenvalue weighted by Gasteiger charge is 2.23. The van der Waals surface area contributed by atoms with Crippen LogP contribution in [-0.4, -0.2) is 17.0 Å². The van der Waals surface area contributed by atoms with E-state index in [1.54, 1.807) is 6.20 Å². The van der Waals surface area contributed by atoms with Gasteiger partial charge in [-0.3, -0.25) is 4.98 Å². The van der Waals surface area contributed by atoms with Gasteiger partial charge in [-0.1, -0.05) is 26.2 Å². The van der Waals surface area contributed by atoms with E-state index in [2.05, 4.69) is 18.0 Å². The topological polar surface area (TPSA) is 22.1 Å². The molecule has 100 valence electrons. The largest absolute Gasteiger partial charge is 0.492 e. The minimum Gasteiger partial charge on any atom is -0.492 e. The molecule has 2 atom stereocenters. The van der Waals surface area contributed by atoms with E-state index < -0.39 is 0 Å². The number of ether oxygens (including phenoxy) is 1. The van der Waals surface area contributed by atoms with Gasteiger partial charge in [0.2, 0.25) is 0 Å². The molecule has 0 saturated heterocycles. The van der Waals surface area contributed by atoms with E-state index in [4.69, 9.17) is 16.3 Å². The monoisotopic (exact) mass is 267 g/mol. The van der Waals surface area contributed by atoms with Gasteiger partial charge in [-0.05, 0) is 30.9 Å². The Morgan fingerprint density at radius 3 is 2.94 bits per heavy atom. The molecule has 0 aromatic carbocycles. The van der Waals surface area contributed by atoms with Crippen LogP contribution in [0, 0.1) is 0 Å². The zero-order valence-electron chi connectivity index (χ0n) is 11.1. The predicted octanol–water partition coefficient (Wildman–Crippen LogP) is 4.53. The van der Waals surface area contributed by atoms with Crippen LogP contribution in [0.25, 0.3) is 0 Å². The van der Waals surface area contributed by atoms with Gasteiger partial charge in [-0.15, -0.1) is 11.6 Å². The highest BCUT2D eigenvalue weighted by molar-refractivity contribution is 6.21. The zero-order valence-corrected chi connectivity index (χ0v) is 11.8. The fraction of sp³-hybridized carbons (Fsp3) is 0.667. The van der Waals surface area contributed by atoms with Crippen molar-refractivity contribution in [2.45, 2.75) is 56.7 Å². The quantitative estimate of drug-likeness (QED) is 0.591. The molecular formula is C15H22ClNO. The molecule has 1 saturated carbocycles. The molecule has 1 aliphatic rings. The Bertz CT molecular complexity index is 369. The third-order valence-corrected chi connectivity index (χ3v) is 4.09. The Balaban J connectivity index is 2.10. The number of alkyl halides is 1. The summed E-state index contributed by atoms with van der Waals surface area (Å²) in [6.45, 7) is 2.86. The molecule has 0 spiro atoms. The van der Waals surface area contributed by atoms with Gasteiger partial charge in [0.15, 0.2) is 0 Å². The second-order valence-electron chi connectivity index (χ2n) is 5.06. The first-order valence-electron chi connectivity index (χ1n) is 7.03. The molecule has 3 heteroatoms. The summed E-state index contributed by atoms with van der Waals surface area (Å²) in [6, 6.07) is 2.12. The molecule has 1 aromatic heterocycles. The standard InChI is InChI=1S/C15H22ClNO/c1-2-8-18-13-9-12(10-17-11-13)14-6-4-3-5-7-15(14)16/h9-11,14-15H,2-8H2,1H3. The molecule has 1 heterocycles. The third-order valence-electron chi connectivity index (χ3n) is 3.57. The van der Waals surface area contributed by atoms with Crippen LogP contribution in [0.2, 0.25) is 0 Å². The summed E-state index contributed by atoms with van der Waals surface area (Å²) in [5.41, 5.74) is 1.24. The Morgan fingerprint density at radius 1 is 1.28 bits per heavy atom. The summed E-state index contributed by atoms with van der Waals surface area (Å²) in [4.78, 5) is 4.29. The molecule has 1 aliphatic carbocycles. The molecule has 1 aromatic rings. The summed E-state index contributed by atoms with van der Waals surface area (Å²) < 4.78 is 5.65. The normalized spacial score (nSPS) is 24.6. The van der Waals surface area contributed by atoms with Crippen molar-refractivity contribution in [1.82, 2.24) is 4.98 Å². The van der Waals surface area contributed by atoms with Gasteiger partial charge in [-0.2, -0.15) is 0 Å². The molecule has 0 N–H and O–H groups in total. The van der Waals surface area contributed by atoms with Crippen molar-refractivity contribution in [2.24, 2.45) is 0 Å². The first-order chi connectivity index (χ1) is 8.81. The maximum atomic E-state index is 6.51. The molecule has 0 bridgehead atoms. The second kappa shape index (κ2) is 6.98. The van der Waals surface area contributed by atoms with Gasteiger partial charge in [0.25, 0.3) is 0 Å². The van der Waals surface area contributed by atoms with Crippen molar-refractivity contribution in [3.63, 3.8) is 0 Å². The summed E-state index contributed by atoms with van der Waals surface area (Å²) in [6.07, 6.45) is 10.9. The summed E-state index contributed by atoms with van der Waals surface area (Å²) >= 11 is 6.51. The van der Waals surface area contributed by atoms with E-state index in [1.807, 2.05) is 6.20 Å². The average molecular weight is 268 g/mol. The van der Waals surface area contributed by atoms with Crippen LogP contribution >= 0.6 is 11.6 Å². The number of pyridine rings is 1. The number of nitrogens with zero attached hydrogens (tertiary/aromatic N) is 1. The third kappa shape index (κ3) is 3.61. The minimum absolute atomic E-state index is 0.246. The lowest BCUT2D eigenvalue weighted by Crippen LogP contribution is -2.11. The minimum atomic E-state index is 0.246. The second-order valence-corrected chi connectivity index (χ2v) is 5.62. The lowest BCUT2D eigenvalue weighted by atomic mass is 9.92. The zero-order chi connectivity index (χ0) is 12.8. The van der Waals surface area contributed by atoms with Gasteiger partial charge >= 0.3 is 0 Å². The average Bonchev–Trinajstić information content (AvgIpc) is 2.61. The maximum absolute atomic E-state index is 6.51. The van der Waals surface area contributed by atoms with Gasteiger partial charge in [-0.25, -0.2) is 0 Å². The van der Waals surface area contributed by atoms with Crippen molar-refractivity contribution in [1.29, 1.82) is 0 Å². The van der Waals surface area contributed by atoms with Gasteiger partial charge < -0.3 is 4.74 Å². The van der Waals surface area contributed by atoms with Crippen LogP contribution in [0.1, 0.15) is 56.9 Å². The Labute approximate surface area is 115 Å². The summed E-state index contributed by atoms with van der Waals surface area (Å²) in [5.74, 6) is 1.31. The lowest BCUT2D eigenvalue weighted by Gasteiger charge is -2.20. The number of rotatable bonds is 4. The Hall–Kier alpha value is -0.760. The van der Waals surface area contributed by atoms with E-state index in [0.717, 1.165) is 25.2 Å². The molecule has 18 heavy (non-hydrogen) atoms. The molecule has 0 aliphatic heterocycles. The van der Waals surface area contributed by atoms with Crippen LogP contribution in [0.3, 0.4) is 0 Å². The van der Waals surface area contributed by atoms with Crippen LogP contribution in [0.15, 0.2) is 18.5 Å². The van der Waals surface area contributed by atoms with Crippen LogP contribution in [0.4, 0.5) is 0 Å². The van der Waals surface area contributed by atoms with Crippen molar-refractivity contribution >= 4 is 11.6 Å². The SMILES string of the molecule is CCCOc1cncc(C2CCCCCC2Cl)c1. The molecule has 0 amide bonds. The summed E-state index contributed by atoms with van der Waals surface area (Å²) in [5, 5.41) is 0.246. The number of hydrogen-bond donors (Lipinski definition) is 0. The smallest absolute Gasteiger partial charge is 0.137 e. The number of hydrogen-bond acceptors (Lipinski definition) is 2. The fourth-order valence-electron chi connectivity index (χ4n) is 2.58. The maximum Gasteiger partial charge on any atom is 0.137 e. The summed E-state index contributed by atoms with van der Waals surface area (Å²) in [7, 11) is 0. The van der Waals surface area contributed by atoms with E-state index in [0.29, 0.717) is 5.92 Å². The predicted molar refractivity (Wildman–Crippen MR) is 75.5 cm³/mol. The van der Waals surface area contributed by atoms with Crippen molar-refractivity contribution in [3.05, 3.63) is 24.0 Å². The molecule has 2 unspecified atom stereocenters. The molecule has 1 fully saturated rings. The van der Waals surface area contributed by atoms with Crippen molar-refractivity contribution in [3.8, 4) is 5.75 Å². The molecule has 2 rings (SSSR count). The van der Waals surface area contributed by atoms with Crippen LogP contribution < -0.4 is 4.74 Å². The van der Waals surface area contributed by atoms with Gasteiger partial charge in [0, 0.05) is 17.5 Å². The lowest BCUT2D eigenvalue weighted by molar-refractivity contribution is 0.315. The Kier molecular flexibility index (Phi) is 5.30. The van der Waals surface area contributed by atoms with E-state index >= 15 is 0 Å². The van der Waals surface area contributed by atoms with Gasteiger partial charge in [0.05, 0.1) is 12.8 Å². The van der Waals surface area contributed by atoms with E-state index in [-0.39, 0.29) is 5.38 Å². The van der Waals surface area contributed by atoms with Crippen molar-refractivity contribution in [2.75, 3.05) is 6.61 Å². The highest BCUT2D eigenvalue weighted by Crippen LogP contribution is 2.35. The number of aromatic nitrogens is 1. The molecule has 2 nitrogen and oxygen atoms in total. The fourth-order valence-corrected chi connectivity index (χ4v) is 3.00. The van der Waals surface area contributed by atoms with E-state index in [1.165, 1.54) is 31.2 Å². The Morgan fingerprint density at radius 2 is 2.11 bits per heavy atom. The van der Waals surface area contributed by atoms with Gasteiger partial charge in [0.1, 0.15) is 5.75 Å². The first-order valence-corrected chi connectivity index (χ1v) is 7.46. The number of halogens is 1.